The van der Waals surface area contributed by atoms with Crippen LogP contribution in [0.5, 0.6) is 0 Å². The van der Waals surface area contributed by atoms with E-state index < -0.39 is 0 Å². The lowest BCUT2D eigenvalue weighted by atomic mass is 9.88. The number of amides is 1. The number of rotatable bonds is 6. The molecule has 4 atom stereocenters. The third kappa shape index (κ3) is 3.21. The summed E-state index contributed by atoms with van der Waals surface area (Å²) >= 11 is 1.75. The molecule has 1 amide bonds. The molecule has 2 N–H and O–H groups in total. The van der Waals surface area contributed by atoms with Crippen LogP contribution in [0.2, 0.25) is 0 Å². The van der Waals surface area contributed by atoms with Gasteiger partial charge < -0.3 is 10.6 Å². The van der Waals surface area contributed by atoms with Gasteiger partial charge in [0.1, 0.15) is 0 Å². The number of nitrogens with zero attached hydrogens (tertiary/aromatic N) is 1. The predicted molar refractivity (Wildman–Crippen MR) is 77.5 cm³/mol. The Kier molecular flexibility index (Phi) is 4.96. The van der Waals surface area contributed by atoms with Gasteiger partial charge in [0.15, 0.2) is 0 Å². The number of carbonyl (C=O) groups excluding carboxylic acids is 1. The first-order valence-electron chi connectivity index (χ1n) is 7.11. The quantitative estimate of drug-likeness (QED) is 0.802. The first-order valence-corrected chi connectivity index (χ1v) is 8.50. The van der Waals surface area contributed by atoms with Crippen LogP contribution < -0.4 is 5.73 Å². The number of nitrogens with two attached hydrogens (primary N) is 1. The third-order valence-corrected chi connectivity index (χ3v) is 5.36. The molecule has 3 nitrogen and oxygen atoms in total. The Morgan fingerprint density at radius 1 is 1.44 bits per heavy atom. The molecule has 2 rings (SSSR count). The maximum Gasteiger partial charge on any atom is 0.239 e. The molecular weight excluding hydrogens is 244 g/mol. The fourth-order valence-corrected chi connectivity index (χ4v) is 4.18. The molecule has 0 radical (unpaired) electrons. The number of fused-ring (bicyclic) bond motifs is 2. The maximum absolute atomic E-state index is 12.1. The van der Waals surface area contributed by atoms with Gasteiger partial charge in [0.25, 0.3) is 0 Å². The van der Waals surface area contributed by atoms with Crippen molar-refractivity contribution >= 4 is 17.7 Å². The molecule has 4 heteroatoms. The maximum atomic E-state index is 12.1. The van der Waals surface area contributed by atoms with Crippen molar-refractivity contribution in [3.63, 3.8) is 0 Å². The van der Waals surface area contributed by atoms with Gasteiger partial charge in [0, 0.05) is 13.6 Å². The van der Waals surface area contributed by atoms with Gasteiger partial charge in [0.05, 0.1) is 6.04 Å². The molecule has 0 aromatic rings. The van der Waals surface area contributed by atoms with Crippen molar-refractivity contribution in [3.8, 4) is 0 Å². The fraction of sp³-hybridized carbons (Fsp3) is 0.929. The Balaban J connectivity index is 1.77. The van der Waals surface area contributed by atoms with Gasteiger partial charge in [-0.15, -0.1) is 0 Å². The molecule has 18 heavy (non-hydrogen) atoms. The van der Waals surface area contributed by atoms with Gasteiger partial charge in [0.2, 0.25) is 5.91 Å². The summed E-state index contributed by atoms with van der Waals surface area (Å²) < 4.78 is 0. The molecule has 2 bridgehead atoms. The van der Waals surface area contributed by atoms with Gasteiger partial charge in [-0.1, -0.05) is 6.42 Å². The number of hydrogen-bond acceptors (Lipinski definition) is 3. The second-order valence-electron chi connectivity index (χ2n) is 6.04. The van der Waals surface area contributed by atoms with Crippen LogP contribution in [0.1, 0.15) is 32.1 Å². The van der Waals surface area contributed by atoms with Crippen LogP contribution in [0.3, 0.4) is 0 Å². The largest absolute Gasteiger partial charge is 0.344 e. The molecule has 2 aliphatic rings. The highest BCUT2D eigenvalue weighted by atomic mass is 32.2. The highest BCUT2D eigenvalue weighted by molar-refractivity contribution is 7.98. The van der Waals surface area contributed by atoms with Crippen LogP contribution >= 0.6 is 11.8 Å². The number of thioether (sulfide) groups is 1. The van der Waals surface area contributed by atoms with Crippen LogP contribution in [0.25, 0.3) is 0 Å². The Bertz CT molecular complexity index is 298. The summed E-state index contributed by atoms with van der Waals surface area (Å²) in [4.78, 5) is 14.0. The van der Waals surface area contributed by atoms with Crippen molar-refractivity contribution in [2.45, 2.75) is 38.1 Å². The van der Waals surface area contributed by atoms with Crippen LogP contribution in [-0.4, -0.2) is 42.4 Å². The lowest BCUT2D eigenvalue weighted by molar-refractivity contribution is -0.132. The lowest BCUT2D eigenvalue weighted by Crippen LogP contribution is -2.44. The minimum absolute atomic E-state index is 0.131. The van der Waals surface area contributed by atoms with Crippen LogP contribution in [0.4, 0.5) is 0 Å². The van der Waals surface area contributed by atoms with E-state index in [2.05, 4.69) is 6.26 Å². The third-order valence-electron chi connectivity index (χ3n) is 4.72. The summed E-state index contributed by atoms with van der Waals surface area (Å²) in [6.45, 7) is 0.924. The van der Waals surface area contributed by atoms with Gasteiger partial charge in [-0.25, -0.2) is 0 Å². The monoisotopic (exact) mass is 270 g/mol. The second-order valence-corrected chi connectivity index (χ2v) is 7.03. The second kappa shape index (κ2) is 6.29. The lowest BCUT2D eigenvalue weighted by Gasteiger charge is -2.28. The van der Waals surface area contributed by atoms with Crippen LogP contribution in [0.15, 0.2) is 0 Å². The summed E-state index contributed by atoms with van der Waals surface area (Å²) in [5.74, 6) is 3.67. The highest BCUT2D eigenvalue weighted by Crippen LogP contribution is 2.48. The van der Waals surface area contributed by atoms with E-state index in [0.29, 0.717) is 0 Å². The van der Waals surface area contributed by atoms with Gasteiger partial charge in [-0.2, -0.15) is 11.8 Å². The normalized spacial score (nSPS) is 31.6. The Morgan fingerprint density at radius 3 is 2.78 bits per heavy atom. The summed E-state index contributed by atoms with van der Waals surface area (Å²) in [5.41, 5.74) is 5.95. The Morgan fingerprint density at radius 2 is 2.22 bits per heavy atom. The molecule has 0 aromatic carbocycles. The summed E-state index contributed by atoms with van der Waals surface area (Å²) in [7, 11) is 1.92. The van der Waals surface area contributed by atoms with E-state index in [1.165, 1.54) is 25.7 Å². The Labute approximate surface area is 115 Å². The summed E-state index contributed by atoms with van der Waals surface area (Å²) in [6, 6.07) is -0.305. The predicted octanol–water partition coefficient (Wildman–Crippen LogP) is 1.96. The molecule has 0 saturated heterocycles. The van der Waals surface area contributed by atoms with E-state index >= 15 is 0 Å². The van der Waals surface area contributed by atoms with Crippen LogP contribution in [-0.2, 0) is 4.79 Å². The van der Waals surface area contributed by atoms with Crippen molar-refractivity contribution in [2.24, 2.45) is 23.5 Å². The minimum Gasteiger partial charge on any atom is -0.344 e. The number of hydrogen-bond donors (Lipinski definition) is 1. The van der Waals surface area contributed by atoms with E-state index in [4.69, 9.17) is 5.73 Å². The van der Waals surface area contributed by atoms with E-state index in [-0.39, 0.29) is 11.9 Å². The molecule has 104 valence electrons. The van der Waals surface area contributed by atoms with Crippen LogP contribution in [0, 0.1) is 17.8 Å². The molecule has 0 heterocycles. The first kappa shape index (κ1) is 14.2. The van der Waals surface area contributed by atoms with Crippen molar-refractivity contribution in [3.05, 3.63) is 0 Å². The Hall–Kier alpha value is -0.220. The smallest absolute Gasteiger partial charge is 0.239 e. The SMILES string of the molecule is CSCC[C@H](N)C(=O)N(C)CC1CC2CCC1C2. The van der Waals surface area contributed by atoms with Gasteiger partial charge >= 0.3 is 0 Å². The minimum atomic E-state index is -0.305. The molecule has 0 aromatic heterocycles. The van der Waals surface area contributed by atoms with E-state index in [9.17, 15) is 4.79 Å². The van der Waals surface area contributed by atoms with Crippen molar-refractivity contribution in [1.82, 2.24) is 4.90 Å². The van der Waals surface area contributed by atoms with Crippen molar-refractivity contribution in [1.29, 1.82) is 0 Å². The average molecular weight is 270 g/mol. The molecule has 3 unspecified atom stereocenters. The molecule has 2 saturated carbocycles. The van der Waals surface area contributed by atoms with Crippen molar-refractivity contribution < 1.29 is 4.79 Å². The number of likely N-dealkylation sites (N-methyl/N-ethyl adjacent to an activating group) is 1. The highest BCUT2D eigenvalue weighted by Gasteiger charge is 2.40. The van der Waals surface area contributed by atoms with E-state index in [1.807, 2.05) is 11.9 Å². The average Bonchev–Trinajstić information content (AvgIpc) is 2.97. The molecule has 2 aliphatic carbocycles. The van der Waals surface area contributed by atoms with E-state index in [1.54, 1.807) is 11.8 Å². The molecule has 0 spiro atoms. The zero-order valence-electron chi connectivity index (χ0n) is 11.6. The zero-order chi connectivity index (χ0) is 13.1. The summed E-state index contributed by atoms with van der Waals surface area (Å²) in [6.07, 6.45) is 8.40. The summed E-state index contributed by atoms with van der Waals surface area (Å²) in [5, 5.41) is 0. The van der Waals surface area contributed by atoms with Gasteiger partial charge in [-0.3, -0.25) is 4.79 Å². The molecule has 0 aliphatic heterocycles. The topological polar surface area (TPSA) is 46.3 Å². The van der Waals surface area contributed by atoms with Gasteiger partial charge in [-0.05, 0) is 55.4 Å². The number of carbonyl (C=O) groups is 1. The standard InChI is InChI=1S/C14H26N2OS/c1-16(14(17)13(15)5-6-18-2)9-12-8-10-3-4-11(12)7-10/h10-13H,3-9,15H2,1-2H3/t10?,11?,12?,13-/m0/s1. The molecule has 2 fully saturated rings. The van der Waals surface area contributed by atoms with E-state index in [0.717, 1.165) is 36.5 Å². The fourth-order valence-electron chi connectivity index (χ4n) is 3.69. The zero-order valence-corrected chi connectivity index (χ0v) is 12.4. The van der Waals surface area contributed by atoms with Crippen molar-refractivity contribution in [2.75, 3.05) is 25.6 Å². The molecular formula is C14H26N2OS. The first-order chi connectivity index (χ1) is 8.61.